The molecule has 0 aliphatic carbocycles. The molecule has 2 amide bonds. The van der Waals surface area contributed by atoms with Crippen LogP contribution in [0.1, 0.15) is 16.5 Å². The molecule has 24 heavy (non-hydrogen) atoms. The molecule has 2 N–H and O–H groups in total. The normalized spacial score (nSPS) is 11.8. The largest absolute Gasteiger partial charge is 0.326 e. The SMILES string of the molecule is O=C(Nc1ccccc1F)N[C@@H](c1ccc(F)cc1)c1cccs1. The maximum atomic E-state index is 13.6. The number of hydrogen-bond donors (Lipinski definition) is 2. The monoisotopic (exact) mass is 344 g/mol. The van der Waals surface area contributed by atoms with E-state index in [1.165, 1.54) is 35.6 Å². The van der Waals surface area contributed by atoms with Crippen LogP contribution in [0.25, 0.3) is 0 Å². The number of rotatable bonds is 4. The van der Waals surface area contributed by atoms with Gasteiger partial charge >= 0.3 is 6.03 Å². The van der Waals surface area contributed by atoms with Crippen molar-refractivity contribution in [3.63, 3.8) is 0 Å². The van der Waals surface area contributed by atoms with E-state index in [4.69, 9.17) is 0 Å². The van der Waals surface area contributed by atoms with Gasteiger partial charge in [-0.1, -0.05) is 30.3 Å². The van der Waals surface area contributed by atoms with E-state index in [9.17, 15) is 13.6 Å². The Morgan fingerprint density at radius 1 is 0.958 bits per heavy atom. The van der Waals surface area contributed by atoms with Crippen molar-refractivity contribution in [2.75, 3.05) is 5.32 Å². The number of amides is 2. The van der Waals surface area contributed by atoms with Crippen molar-refractivity contribution in [1.82, 2.24) is 5.32 Å². The Morgan fingerprint density at radius 3 is 2.38 bits per heavy atom. The Labute approximate surface area is 142 Å². The number of nitrogens with one attached hydrogen (secondary N) is 2. The zero-order valence-electron chi connectivity index (χ0n) is 12.5. The Hall–Kier alpha value is -2.73. The predicted molar refractivity (Wildman–Crippen MR) is 91.1 cm³/mol. The average molecular weight is 344 g/mol. The third kappa shape index (κ3) is 3.78. The lowest BCUT2D eigenvalue weighted by Gasteiger charge is -2.18. The molecule has 0 bridgehead atoms. The second kappa shape index (κ2) is 7.23. The summed E-state index contributed by atoms with van der Waals surface area (Å²) in [6.45, 7) is 0. The topological polar surface area (TPSA) is 41.1 Å². The Morgan fingerprint density at radius 2 is 1.71 bits per heavy atom. The summed E-state index contributed by atoms with van der Waals surface area (Å²) in [5.74, 6) is -0.860. The summed E-state index contributed by atoms with van der Waals surface area (Å²) in [6.07, 6.45) is 0. The van der Waals surface area contributed by atoms with Gasteiger partial charge in [-0.2, -0.15) is 0 Å². The molecule has 0 aliphatic heterocycles. The van der Waals surface area contributed by atoms with Crippen LogP contribution in [0.3, 0.4) is 0 Å². The zero-order valence-corrected chi connectivity index (χ0v) is 13.3. The van der Waals surface area contributed by atoms with Gasteiger partial charge in [0.1, 0.15) is 11.6 Å². The fraction of sp³-hybridized carbons (Fsp3) is 0.0556. The van der Waals surface area contributed by atoms with Crippen LogP contribution >= 0.6 is 11.3 Å². The minimum absolute atomic E-state index is 0.0963. The van der Waals surface area contributed by atoms with Crippen LogP contribution in [0.15, 0.2) is 66.0 Å². The molecule has 6 heteroatoms. The molecule has 1 heterocycles. The summed E-state index contributed by atoms with van der Waals surface area (Å²) < 4.78 is 26.8. The van der Waals surface area contributed by atoms with Gasteiger partial charge in [-0.3, -0.25) is 0 Å². The number of urea groups is 1. The molecule has 3 nitrogen and oxygen atoms in total. The van der Waals surface area contributed by atoms with Crippen molar-refractivity contribution >= 4 is 23.1 Å². The highest BCUT2D eigenvalue weighted by Crippen LogP contribution is 2.26. The van der Waals surface area contributed by atoms with E-state index in [0.717, 1.165) is 10.4 Å². The van der Waals surface area contributed by atoms with Crippen LogP contribution in [-0.2, 0) is 0 Å². The fourth-order valence-corrected chi connectivity index (χ4v) is 3.08. The molecule has 3 aromatic rings. The van der Waals surface area contributed by atoms with Gasteiger partial charge in [0.25, 0.3) is 0 Å². The second-order valence-electron chi connectivity index (χ2n) is 5.08. The molecule has 1 aromatic heterocycles. The van der Waals surface area contributed by atoms with Crippen LogP contribution < -0.4 is 10.6 Å². The summed E-state index contributed by atoms with van der Waals surface area (Å²) in [5.41, 5.74) is 0.835. The third-order valence-corrected chi connectivity index (χ3v) is 4.37. The molecular weight excluding hydrogens is 330 g/mol. The number of carbonyl (C=O) groups excluding carboxylic acids is 1. The number of anilines is 1. The summed E-state index contributed by atoms with van der Waals surface area (Å²) in [4.78, 5) is 13.1. The van der Waals surface area contributed by atoms with E-state index in [1.807, 2.05) is 17.5 Å². The van der Waals surface area contributed by atoms with Crippen molar-refractivity contribution in [1.29, 1.82) is 0 Å². The molecule has 0 aliphatic rings. The quantitative estimate of drug-likeness (QED) is 0.692. The first-order valence-corrected chi connectivity index (χ1v) is 8.12. The van der Waals surface area contributed by atoms with Crippen molar-refractivity contribution in [3.8, 4) is 0 Å². The average Bonchev–Trinajstić information content (AvgIpc) is 3.10. The number of hydrogen-bond acceptors (Lipinski definition) is 2. The van der Waals surface area contributed by atoms with Gasteiger partial charge in [-0.05, 0) is 41.3 Å². The Bertz CT molecular complexity index is 819. The smallest absolute Gasteiger partial charge is 0.320 e. The Kier molecular flexibility index (Phi) is 4.86. The lowest BCUT2D eigenvalue weighted by molar-refractivity contribution is 0.250. The van der Waals surface area contributed by atoms with E-state index in [2.05, 4.69) is 10.6 Å². The highest BCUT2D eigenvalue weighted by molar-refractivity contribution is 7.10. The van der Waals surface area contributed by atoms with E-state index in [0.29, 0.717) is 0 Å². The number of carbonyl (C=O) groups is 1. The molecule has 0 spiro atoms. The van der Waals surface area contributed by atoms with Gasteiger partial charge in [-0.25, -0.2) is 13.6 Å². The molecule has 0 radical (unpaired) electrons. The third-order valence-electron chi connectivity index (χ3n) is 3.43. The molecular formula is C18H14F2N2OS. The molecule has 1 atom stereocenters. The van der Waals surface area contributed by atoms with Crippen LogP contribution in [0.4, 0.5) is 19.3 Å². The summed E-state index contributed by atoms with van der Waals surface area (Å²) in [5, 5.41) is 7.18. The molecule has 0 unspecified atom stereocenters. The van der Waals surface area contributed by atoms with E-state index in [1.54, 1.807) is 24.3 Å². The number of benzene rings is 2. The standard InChI is InChI=1S/C18H14F2N2OS/c19-13-9-7-12(8-10-13)17(16-6-3-11-24-16)22-18(23)21-15-5-2-1-4-14(15)20/h1-11,17H,(H2,21,22,23)/t17-/m0/s1. The van der Waals surface area contributed by atoms with Gasteiger partial charge in [0, 0.05) is 4.88 Å². The highest BCUT2D eigenvalue weighted by atomic mass is 32.1. The highest BCUT2D eigenvalue weighted by Gasteiger charge is 2.18. The van der Waals surface area contributed by atoms with E-state index < -0.39 is 17.9 Å². The maximum absolute atomic E-state index is 13.6. The van der Waals surface area contributed by atoms with Crippen molar-refractivity contribution < 1.29 is 13.6 Å². The van der Waals surface area contributed by atoms with Crippen LogP contribution in [0.2, 0.25) is 0 Å². The van der Waals surface area contributed by atoms with Crippen molar-refractivity contribution in [2.45, 2.75) is 6.04 Å². The maximum Gasteiger partial charge on any atom is 0.320 e. The van der Waals surface area contributed by atoms with E-state index in [-0.39, 0.29) is 11.5 Å². The molecule has 0 fully saturated rings. The lowest BCUT2D eigenvalue weighted by Crippen LogP contribution is -2.33. The van der Waals surface area contributed by atoms with Crippen molar-refractivity contribution in [3.05, 3.63) is 88.1 Å². The van der Waals surface area contributed by atoms with Gasteiger partial charge in [0.15, 0.2) is 0 Å². The van der Waals surface area contributed by atoms with Gasteiger partial charge < -0.3 is 10.6 Å². The second-order valence-corrected chi connectivity index (χ2v) is 6.06. The predicted octanol–water partition coefficient (Wildman–Crippen LogP) is 4.94. The molecule has 2 aromatic carbocycles. The summed E-state index contributed by atoms with van der Waals surface area (Å²) >= 11 is 1.47. The number of thiophene rings is 1. The fourth-order valence-electron chi connectivity index (χ4n) is 2.28. The summed E-state index contributed by atoms with van der Waals surface area (Å²) in [6, 6.07) is 14.6. The van der Waals surface area contributed by atoms with Crippen LogP contribution in [0, 0.1) is 11.6 Å². The minimum Gasteiger partial charge on any atom is -0.326 e. The minimum atomic E-state index is -0.539. The van der Waals surface area contributed by atoms with Crippen LogP contribution in [-0.4, -0.2) is 6.03 Å². The van der Waals surface area contributed by atoms with E-state index >= 15 is 0 Å². The molecule has 0 saturated carbocycles. The molecule has 122 valence electrons. The van der Waals surface area contributed by atoms with Gasteiger partial charge in [0.05, 0.1) is 11.7 Å². The molecule has 3 rings (SSSR count). The number of halogens is 2. The summed E-state index contributed by atoms with van der Waals surface area (Å²) in [7, 11) is 0. The molecule has 0 saturated heterocycles. The van der Waals surface area contributed by atoms with Gasteiger partial charge in [0.2, 0.25) is 0 Å². The van der Waals surface area contributed by atoms with Gasteiger partial charge in [-0.15, -0.1) is 11.3 Å². The van der Waals surface area contributed by atoms with Crippen molar-refractivity contribution in [2.24, 2.45) is 0 Å². The lowest BCUT2D eigenvalue weighted by atomic mass is 10.1. The first-order chi connectivity index (χ1) is 11.6. The Balaban J connectivity index is 1.81. The zero-order chi connectivity index (χ0) is 16.9. The first-order valence-electron chi connectivity index (χ1n) is 7.24. The first kappa shape index (κ1) is 16.1. The number of para-hydroxylation sites is 1. The van der Waals surface area contributed by atoms with Crippen LogP contribution in [0.5, 0.6) is 0 Å².